The minimum Gasteiger partial charge on any atom is -0.465 e. The van der Waals surface area contributed by atoms with Crippen LogP contribution in [0.4, 0.5) is 0 Å². The summed E-state index contributed by atoms with van der Waals surface area (Å²) in [6.07, 6.45) is 2.36. The van der Waals surface area contributed by atoms with E-state index in [1.807, 2.05) is 18.2 Å². The van der Waals surface area contributed by atoms with Crippen LogP contribution in [0.5, 0.6) is 0 Å². The van der Waals surface area contributed by atoms with Crippen LogP contribution >= 0.6 is 15.9 Å². The van der Waals surface area contributed by atoms with Gasteiger partial charge < -0.3 is 9.47 Å². The van der Waals surface area contributed by atoms with E-state index in [0.717, 1.165) is 15.6 Å². The van der Waals surface area contributed by atoms with Crippen LogP contribution in [0.2, 0.25) is 0 Å². The quantitative estimate of drug-likeness (QED) is 0.443. The number of fused-ring (bicyclic) bond motifs is 1. The highest BCUT2D eigenvalue weighted by molar-refractivity contribution is 9.10. The van der Waals surface area contributed by atoms with Crippen LogP contribution in [0.15, 0.2) is 35.3 Å². The molecule has 124 valence electrons. The van der Waals surface area contributed by atoms with E-state index in [1.165, 1.54) is 0 Å². The zero-order chi connectivity index (χ0) is 17.0. The average molecular weight is 381 g/mol. The Bertz CT molecular complexity index is 605. The molecule has 0 aromatic heterocycles. The number of hydrogen-bond donors (Lipinski definition) is 0. The van der Waals surface area contributed by atoms with Crippen LogP contribution in [0.25, 0.3) is 0 Å². The summed E-state index contributed by atoms with van der Waals surface area (Å²) in [5.74, 6) is -1.16. The van der Waals surface area contributed by atoms with Gasteiger partial charge in [0.15, 0.2) is 5.41 Å². The number of halogens is 1. The molecule has 0 fully saturated rings. The summed E-state index contributed by atoms with van der Waals surface area (Å²) < 4.78 is 11.4. The molecule has 1 unspecified atom stereocenters. The maximum Gasteiger partial charge on any atom is 0.323 e. The van der Waals surface area contributed by atoms with Crippen molar-refractivity contribution in [3.63, 3.8) is 0 Å². The molecule has 0 spiro atoms. The van der Waals surface area contributed by atoms with E-state index >= 15 is 0 Å². The molecule has 1 aromatic carbocycles. The van der Waals surface area contributed by atoms with E-state index in [2.05, 4.69) is 22.5 Å². The Hall–Kier alpha value is -1.62. The monoisotopic (exact) mass is 380 g/mol. The van der Waals surface area contributed by atoms with Crippen molar-refractivity contribution in [3.8, 4) is 0 Å². The van der Waals surface area contributed by atoms with Crippen molar-refractivity contribution < 1.29 is 19.1 Å². The molecule has 1 aliphatic rings. The van der Waals surface area contributed by atoms with E-state index in [4.69, 9.17) is 9.47 Å². The van der Waals surface area contributed by atoms with Gasteiger partial charge in [-0.15, -0.1) is 6.58 Å². The van der Waals surface area contributed by atoms with Gasteiger partial charge in [0.1, 0.15) is 0 Å². The minimum atomic E-state index is -1.31. The summed E-state index contributed by atoms with van der Waals surface area (Å²) in [6, 6.07) is 5.79. The molecule has 2 rings (SSSR count). The second-order valence-corrected chi connectivity index (χ2v) is 6.41. The van der Waals surface area contributed by atoms with E-state index in [-0.39, 0.29) is 25.6 Å². The highest BCUT2D eigenvalue weighted by Crippen LogP contribution is 2.47. The first kappa shape index (κ1) is 17.7. The molecule has 0 radical (unpaired) electrons. The fraction of sp³-hybridized carbons (Fsp3) is 0.444. The molecule has 0 bridgehead atoms. The Labute approximate surface area is 145 Å². The van der Waals surface area contributed by atoms with Gasteiger partial charge in [-0.1, -0.05) is 34.1 Å². The van der Waals surface area contributed by atoms with Gasteiger partial charge in [-0.05, 0) is 43.9 Å². The minimum absolute atomic E-state index is 0.122. The molecule has 0 N–H and O–H groups in total. The molecule has 1 atom stereocenters. The van der Waals surface area contributed by atoms with Crippen LogP contribution in [0.1, 0.15) is 37.3 Å². The fourth-order valence-electron chi connectivity index (χ4n) is 3.16. The van der Waals surface area contributed by atoms with Gasteiger partial charge >= 0.3 is 11.9 Å². The molecule has 0 amide bonds. The summed E-state index contributed by atoms with van der Waals surface area (Å²) in [4.78, 5) is 25.2. The van der Waals surface area contributed by atoms with Crippen LogP contribution in [0.3, 0.4) is 0 Å². The zero-order valence-electron chi connectivity index (χ0n) is 13.4. The second-order valence-electron chi connectivity index (χ2n) is 5.56. The third-order valence-electron chi connectivity index (χ3n) is 4.19. The van der Waals surface area contributed by atoms with Gasteiger partial charge in [-0.3, -0.25) is 9.59 Å². The molecule has 0 saturated carbocycles. The van der Waals surface area contributed by atoms with E-state index in [1.54, 1.807) is 19.9 Å². The normalized spacial score (nSPS) is 18.7. The molecule has 4 nitrogen and oxygen atoms in total. The van der Waals surface area contributed by atoms with Gasteiger partial charge in [0, 0.05) is 10.4 Å². The lowest BCUT2D eigenvalue weighted by molar-refractivity contribution is -0.173. The van der Waals surface area contributed by atoms with Crippen molar-refractivity contribution in [1.82, 2.24) is 0 Å². The molecule has 0 aliphatic heterocycles. The number of rotatable bonds is 5. The number of esters is 2. The highest BCUT2D eigenvalue weighted by atomic mass is 79.9. The third-order valence-corrected chi connectivity index (χ3v) is 4.88. The number of benzene rings is 1. The third kappa shape index (κ3) is 3.20. The van der Waals surface area contributed by atoms with E-state index in [0.29, 0.717) is 6.42 Å². The second kappa shape index (κ2) is 7.30. The number of hydrogen-bond acceptors (Lipinski definition) is 4. The fourth-order valence-corrected chi connectivity index (χ4v) is 3.86. The summed E-state index contributed by atoms with van der Waals surface area (Å²) in [5, 5.41) is 0. The van der Waals surface area contributed by atoms with Gasteiger partial charge in [-0.25, -0.2) is 0 Å². The molecular weight excluding hydrogens is 360 g/mol. The Balaban J connectivity index is 2.54. The van der Waals surface area contributed by atoms with Crippen molar-refractivity contribution in [3.05, 3.63) is 46.5 Å². The van der Waals surface area contributed by atoms with Crippen LogP contribution in [0, 0.1) is 5.41 Å². The first-order valence-corrected chi connectivity index (χ1v) is 8.53. The smallest absolute Gasteiger partial charge is 0.323 e. The molecule has 0 heterocycles. The standard InChI is InChI=1S/C18H21BrO4/c1-4-12-10-18(16(20)22-5-2,17(21)23-6-3)11-13-8-7-9-14(19)15(12)13/h4,7-9,12H,1,5-6,10-11H2,2-3H3. The Kier molecular flexibility index (Phi) is 5.63. The predicted octanol–water partition coefficient (Wildman–Crippen LogP) is 3.78. The summed E-state index contributed by atoms with van der Waals surface area (Å²) in [7, 11) is 0. The Morgan fingerprint density at radius 2 is 1.91 bits per heavy atom. The number of allylic oxidation sites excluding steroid dienone is 1. The molecule has 5 heteroatoms. The average Bonchev–Trinajstić information content (AvgIpc) is 2.54. The number of carbonyl (C=O) groups is 2. The number of carbonyl (C=O) groups excluding carboxylic acids is 2. The lowest BCUT2D eigenvalue weighted by Crippen LogP contribution is -2.47. The van der Waals surface area contributed by atoms with Crippen molar-refractivity contribution in [1.29, 1.82) is 0 Å². The van der Waals surface area contributed by atoms with Crippen molar-refractivity contribution in [2.24, 2.45) is 5.41 Å². The van der Waals surface area contributed by atoms with Crippen molar-refractivity contribution in [2.45, 2.75) is 32.6 Å². The molecule has 23 heavy (non-hydrogen) atoms. The van der Waals surface area contributed by atoms with E-state index < -0.39 is 17.4 Å². The maximum absolute atomic E-state index is 12.6. The van der Waals surface area contributed by atoms with Crippen molar-refractivity contribution >= 4 is 27.9 Å². The SMILES string of the molecule is C=CC1CC(C(=O)OCC)(C(=O)OCC)Cc2cccc(Br)c21. The summed E-state index contributed by atoms with van der Waals surface area (Å²) in [5.41, 5.74) is 0.710. The molecule has 1 aromatic rings. The van der Waals surface area contributed by atoms with Crippen LogP contribution in [-0.4, -0.2) is 25.2 Å². The Morgan fingerprint density at radius 1 is 1.30 bits per heavy atom. The zero-order valence-corrected chi connectivity index (χ0v) is 15.0. The highest BCUT2D eigenvalue weighted by Gasteiger charge is 2.53. The van der Waals surface area contributed by atoms with Gasteiger partial charge in [-0.2, -0.15) is 0 Å². The predicted molar refractivity (Wildman–Crippen MR) is 91.1 cm³/mol. The maximum atomic E-state index is 12.6. The van der Waals surface area contributed by atoms with Crippen LogP contribution < -0.4 is 0 Å². The number of ether oxygens (including phenoxy) is 2. The topological polar surface area (TPSA) is 52.6 Å². The lowest BCUT2D eigenvalue weighted by Gasteiger charge is -2.37. The largest absolute Gasteiger partial charge is 0.465 e. The van der Waals surface area contributed by atoms with Crippen LogP contribution in [-0.2, 0) is 25.5 Å². The molecular formula is C18H21BrO4. The van der Waals surface area contributed by atoms with Gasteiger partial charge in [0.25, 0.3) is 0 Å². The summed E-state index contributed by atoms with van der Waals surface area (Å²) >= 11 is 3.56. The molecule has 1 aliphatic carbocycles. The summed E-state index contributed by atoms with van der Waals surface area (Å²) in [6.45, 7) is 7.79. The lowest BCUT2D eigenvalue weighted by atomic mass is 9.67. The first-order chi connectivity index (χ1) is 11.0. The van der Waals surface area contributed by atoms with E-state index in [9.17, 15) is 9.59 Å². The van der Waals surface area contributed by atoms with Gasteiger partial charge in [0.05, 0.1) is 13.2 Å². The van der Waals surface area contributed by atoms with Crippen molar-refractivity contribution in [2.75, 3.05) is 13.2 Å². The Morgan fingerprint density at radius 3 is 2.43 bits per heavy atom. The van der Waals surface area contributed by atoms with Gasteiger partial charge in [0.2, 0.25) is 0 Å². The first-order valence-electron chi connectivity index (χ1n) is 7.74. The molecule has 0 saturated heterocycles.